The molecular formula is C21H25NO3. The van der Waals surface area contributed by atoms with Crippen LogP contribution in [0.15, 0.2) is 48.5 Å². The fraction of sp³-hybridized carbons (Fsp3) is 0.381. The summed E-state index contributed by atoms with van der Waals surface area (Å²) in [6.07, 6.45) is -0.688. The maximum atomic E-state index is 12.4. The van der Waals surface area contributed by atoms with Gasteiger partial charge in [0, 0.05) is 5.92 Å². The second-order valence-electron chi connectivity index (χ2n) is 7.08. The Morgan fingerprint density at radius 1 is 1.08 bits per heavy atom. The van der Waals surface area contributed by atoms with Gasteiger partial charge in [-0.15, -0.1) is 0 Å². The van der Waals surface area contributed by atoms with Crippen LogP contribution in [0.1, 0.15) is 37.3 Å². The third-order valence-corrected chi connectivity index (χ3v) is 4.80. The second kappa shape index (κ2) is 7.38. The summed E-state index contributed by atoms with van der Waals surface area (Å²) in [5, 5.41) is 9.72. The predicted molar refractivity (Wildman–Crippen MR) is 97.8 cm³/mol. The van der Waals surface area contributed by atoms with Crippen LogP contribution in [0.3, 0.4) is 0 Å². The summed E-state index contributed by atoms with van der Waals surface area (Å²) in [5.74, 6) is -0.841. The van der Waals surface area contributed by atoms with Crippen LogP contribution in [-0.4, -0.2) is 23.9 Å². The van der Waals surface area contributed by atoms with Crippen LogP contribution in [0, 0.1) is 11.8 Å². The molecule has 0 heterocycles. The van der Waals surface area contributed by atoms with E-state index in [2.05, 4.69) is 24.3 Å². The number of carbonyl (C=O) groups is 1. The molecule has 0 aliphatic heterocycles. The lowest BCUT2D eigenvalue weighted by atomic mass is 9.95. The molecule has 1 aliphatic carbocycles. The smallest absolute Gasteiger partial charge is 0.313 e. The van der Waals surface area contributed by atoms with E-state index in [1.807, 2.05) is 38.1 Å². The molecule has 2 aromatic carbocycles. The van der Waals surface area contributed by atoms with E-state index in [0.717, 1.165) is 0 Å². The molecule has 0 saturated carbocycles. The maximum absolute atomic E-state index is 12.4. The Labute approximate surface area is 148 Å². The van der Waals surface area contributed by atoms with Crippen molar-refractivity contribution >= 4 is 5.97 Å². The van der Waals surface area contributed by atoms with Crippen LogP contribution in [-0.2, 0) is 9.53 Å². The molecule has 132 valence electrons. The monoisotopic (exact) mass is 339 g/mol. The molecule has 3 N–H and O–H groups in total. The third kappa shape index (κ3) is 3.60. The van der Waals surface area contributed by atoms with Crippen molar-refractivity contribution in [2.45, 2.75) is 32.4 Å². The lowest BCUT2D eigenvalue weighted by Crippen LogP contribution is -2.37. The highest BCUT2D eigenvalue weighted by Crippen LogP contribution is 2.44. The highest BCUT2D eigenvalue weighted by atomic mass is 16.5. The van der Waals surface area contributed by atoms with Gasteiger partial charge in [-0.25, -0.2) is 0 Å². The number of nitrogens with two attached hydrogens (primary N) is 1. The summed E-state index contributed by atoms with van der Waals surface area (Å²) in [7, 11) is 0. The first kappa shape index (κ1) is 17.6. The third-order valence-electron chi connectivity index (χ3n) is 4.80. The van der Waals surface area contributed by atoms with E-state index in [4.69, 9.17) is 10.5 Å². The Bertz CT molecular complexity index is 709. The Hall–Kier alpha value is -2.17. The van der Waals surface area contributed by atoms with Crippen LogP contribution in [0.2, 0.25) is 0 Å². The number of ether oxygens (including phenoxy) is 1. The van der Waals surface area contributed by atoms with E-state index in [9.17, 15) is 9.90 Å². The minimum absolute atomic E-state index is 0.0194. The standard InChI is InChI=1S/C21H25NO3/c1-13(2)11-18(20(22)23)21(24)25-12-19-16-9-5-3-7-14(16)15-8-4-6-10-17(15)19/h3-10,13,18-20,23H,11-12,22H2,1-2H3/t18?,20-/m0/s1. The first-order chi connectivity index (χ1) is 12.0. The van der Waals surface area contributed by atoms with Gasteiger partial charge in [-0.1, -0.05) is 62.4 Å². The van der Waals surface area contributed by atoms with Gasteiger partial charge in [-0.05, 0) is 34.6 Å². The average Bonchev–Trinajstić information content (AvgIpc) is 2.91. The van der Waals surface area contributed by atoms with Crippen molar-refractivity contribution in [3.05, 3.63) is 59.7 Å². The molecule has 0 radical (unpaired) electrons. The molecule has 0 fully saturated rings. The number of benzene rings is 2. The van der Waals surface area contributed by atoms with Crippen molar-refractivity contribution in [3.63, 3.8) is 0 Å². The van der Waals surface area contributed by atoms with E-state index >= 15 is 0 Å². The molecule has 25 heavy (non-hydrogen) atoms. The SMILES string of the molecule is CC(C)CC(C(=O)OCC1c2ccccc2-c2ccccc21)[C@@H](N)O. The second-order valence-corrected chi connectivity index (χ2v) is 7.08. The molecule has 2 aromatic rings. The van der Waals surface area contributed by atoms with Gasteiger partial charge in [-0.3, -0.25) is 4.79 Å². The molecule has 1 unspecified atom stereocenters. The first-order valence-electron chi connectivity index (χ1n) is 8.77. The van der Waals surface area contributed by atoms with Gasteiger partial charge in [0.2, 0.25) is 0 Å². The number of hydrogen-bond acceptors (Lipinski definition) is 4. The summed E-state index contributed by atoms with van der Waals surface area (Å²) in [5.41, 5.74) is 10.3. The minimum atomic E-state index is -1.20. The van der Waals surface area contributed by atoms with E-state index in [-0.39, 0.29) is 18.4 Å². The highest BCUT2D eigenvalue weighted by molar-refractivity contribution is 5.79. The molecule has 0 spiro atoms. The Balaban J connectivity index is 1.78. The molecule has 3 rings (SSSR count). The molecule has 0 saturated heterocycles. The molecule has 2 atom stereocenters. The molecule has 0 amide bonds. The van der Waals surface area contributed by atoms with Crippen LogP contribution < -0.4 is 5.73 Å². The zero-order valence-electron chi connectivity index (χ0n) is 14.7. The van der Waals surface area contributed by atoms with Crippen molar-refractivity contribution in [1.82, 2.24) is 0 Å². The van der Waals surface area contributed by atoms with E-state index in [0.29, 0.717) is 6.42 Å². The number of fused-ring (bicyclic) bond motifs is 3. The zero-order chi connectivity index (χ0) is 18.0. The molecule has 0 bridgehead atoms. The number of rotatable bonds is 6. The number of carbonyl (C=O) groups excluding carboxylic acids is 1. The van der Waals surface area contributed by atoms with Crippen LogP contribution in [0.5, 0.6) is 0 Å². The largest absolute Gasteiger partial charge is 0.464 e. The quantitative estimate of drug-likeness (QED) is 0.626. The summed E-state index contributed by atoms with van der Waals surface area (Å²) in [4.78, 5) is 12.4. The van der Waals surface area contributed by atoms with Gasteiger partial charge < -0.3 is 15.6 Å². The highest BCUT2D eigenvalue weighted by Gasteiger charge is 2.31. The van der Waals surface area contributed by atoms with Gasteiger partial charge in [0.05, 0.1) is 5.92 Å². The number of aliphatic hydroxyl groups is 1. The fourth-order valence-electron chi connectivity index (χ4n) is 3.59. The van der Waals surface area contributed by atoms with Crippen molar-refractivity contribution in [2.75, 3.05) is 6.61 Å². The van der Waals surface area contributed by atoms with Gasteiger partial charge in [0.1, 0.15) is 12.8 Å². The maximum Gasteiger partial charge on any atom is 0.313 e. The van der Waals surface area contributed by atoms with Crippen LogP contribution in [0.4, 0.5) is 0 Å². The summed E-state index contributed by atoms with van der Waals surface area (Å²) in [6.45, 7) is 4.24. The minimum Gasteiger partial charge on any atom is -0.464 e. The van der Waals surface area contributed by atoms with Gasteiger partial charge in [0.15, 0.2) is 0 Å². The summed E-state index contributed by atoms with van der Waals surface area (Å²) < 4.78 is 5.59. The van der Waals surface area contributed by atoms with Crippen LogP contribution in [0.25, 0.3) is 11.1 Å². The lowest BCUT2D eigenvalue weighted by Gasteiger charge is -2.22. The van der Waals surface area contributed by atoms with Crippen molar-refractivity contribution in [2.24, 2.45) is 17.6 Å². The topological polar surface area (TPSA) is 72.5 Å². The Kier molecular flexibility index (Phi) is 5.21. The van der Waals surface area contributed by atoms with Gasteiger partial charge >= 0.3 is 5.97 Å². The number of esters is 1. The molecule has 4 heteroatoms. The fourth-order valence-corrected chi connectivity index (χ4v) is 3.59. The van der Waals surface area contributed by atoms with Crippen LogP contribution >= 0.6 is 0 Å². The normalized spacial score (nSPS) is 15.6. The van der Waals surface area contributed by atoms with E-state index in [1.54, 1.807) is 0 Å². The van der Waals surface area contributed by atoms with Crippen molar-refractivity contribution in [3.8, 4) is 11.1 Å². The molecule has 4 nitrogen and oxygen atoms in total. The Morgan fingerprint density at radius 2 is 1.60 bits per heavy atom. The van der Waals surface area contributed by atoms with Gasteiger partial charge in [-0.2, -0.15) is 0 Å². The Morgan fingerprint density at radius 3 is 2.08 bits per heavy atom. The molecular weight excluding hydrogens is 314 g/mol. The van der Waals surface area contributed by atoms with Crippen molar-refractivity contribution < 1.29 is 14.6 Å². The average molecular weight is 339 g/mol. The van der Waals surface area contributed by atoms with Crippen molar-refractivity contribution in [1.29, 1.82) is 0 Å². The number of hydrogen-bond donors (Lipinski definition) is 2. The lowest BCUT2D eigenvalue weighted by molar-refractivity contribution is -0.153. The van der Waals surface area contributed by atoms with E-state index < -0.39 is 18.1 Å². The molecule has 1 aliphatic rings. The first-order valence-corrected chi connectivity index (χ1v) is 8.77. The predicted octanol–water partition coefficient (Wildman–Crippen LogP) is 3.28. The number of aliphatic hydroxyl groups excluding tert-OH is 1. The zero-order valence-corrected chi connectivity index (χ0v) is 14.7. The molecule has 0 aromatic heterocycles. The summed E-state index contributed by atoms with van der Waals surface area (Å²) >= 11 is 0. The van der Waals surface area contributed by atoms with Gasteiger partial charge in [0.25, 0.3) is 0 Å². The summed E-state index contributed by atoms with van der Waals surface area (Å²) in [6, 6.07) is 16.4. The van der Waals surface area contributed by atoms with E-state index in [1.165, 1.54) is 22.3 Å².